The van der Waals surface area contributed by atoms with Crippen molar-refractivity contribution in [1.82, 2.24) is 18.9 Å². The Morgan fingerprint density at radius 1 is 1.23 bits per heavy atom. The van der Waals surface area contributed by atoms with Gasteiger partial charge in [0, 0.05) is 41.3 Å². The second-order valence-corrected chi connectivity index (χ2v) is 10.0. The van der Waals surface area contributed by atoms with Crippen molar-refractivity contribution in [3.63, 3.8) is 0 Å². The molecule has 0 bridgehead atoms. The highest BCUT2D eigenvalue weighted by molar-refractivity contribution is 7.97. The molecule has 1 aliphatic rings. The van der Waals surface area contributed by atoms with Crippen LogP contribution in [0.4, 0.5) is 17.3 Å². The summed E-state index contributed by atoms with van der Waals surface area (Å²) in [5.41, 5.74) is 9.20. The van der Waals surface area contributed by atoms with E-state index in [1.807, 2.05) is 24.8 Å². The van der Waals surface area contributed by atoms with Gasteiger partial charge in [-0.2, -0.15) is 9.61 Å². The maximum absolute atomic E-state index is 6.10. The van der Waals surface area contributed by atoms with E-state index >= 15 is 0 Å². The quantitative estimate of drug-likeness (QED) is 0.526. The number of hydrogen-bond donors (Lipinski definition) is 2. The molecule has 166 valence electrons. The summed E-state index contributed by atoms with van der Waals surface area (Å²) in [6, 6.07) is 10.9. The van der Waals surface area contributed by atoms with E-state index in [1.54, 1.807) is 11.9 Å². The highest BCUT2D eigenvalue weighted by Crippen LogP contribution is 2.31. The number of nitrogens with zero attached hydrogens (tertiary/aromatic N) is 5. The van der Waals surface area contributed by atoms with Gasteiger partial charge in [-0.1, -0.05) is 13.8 Å². The first-order chi connectivity index (χ1) is 15.0. The Bertz CT molecular complexity index is 1010. The zero-order valence-electron chi connectivity index (χ0n) is 18.9. The molecule has 7 nitrogen and oxygen atoms in total. The van der Waals surface area contributed by atoms with Crippen LogP contribution in [-0.2, 0) is 0 Å². The van der Waals surface area contributed by atoms with Crippen molar-refractivity contribution in [3.05, 3.63) is 42.1 Å². The number of benzene rings is 1. The van der Waals surface area contributed by atoms with E-state index in [0.717, 1.165) is 41.5 Å². The van der Waals surface area contributed by atoms with Gasteiger partial charge in [0.2, 0.25) is 0 Å². The molecule has 3 heterocycles. The van der Waals surface area contributed by atoms with Gasteiger partial charge >= 0.3 is 0 Å². The van der Waals surface area contributed by atoms with Crippen molar-refractivity contribution in [1.29, 1.82) is 0 Å². The molecule has 3 aromatic rings. The third-order valence-corrected chi connectivity index (χ3v) is 6.56. The number of rotatable bonds is 7. The topological polar surface area (TPSA) is 74.7 Å². The summed E-state index contributed by atoms with van der Waals surface area (Å²) in [5, 5.41) is 8.23. The lowest BCUT2D eigenvalue weighted by molar-refractivity contribution is 0.462. The standard InChI is InChI=1S/C23H33N7S/c1-16(2)20-15-25-30-22(26-17-8-10-19(11-9-17)31-28(3)4)13-21(27-23(20)30)29-12-6-5-7-18(29)14-24/h8-11,13,15-16,18,26H,5-7,12,14,24H2,1-4H3. The number of piperidine rings is 1. The van der Waals surface area contributed by atoms with Gasteiger partial charge in [-0.25, -0.2) is 4.98 Å². The third-order valence-electron chi connectivity index (χ3n) is 5.72. The SMILES string of the molecule is CC(C)c1cnn2c(Nc3ccc(SN(C)C)cc3)cc(N3CCCCC3CN)nc12. The van der Waals surface area contributed by atoms with Crippen molar-refractivity contribution in [2.45, 2.75) is 50.0 Å². The van der Waals surface area contributed by atoms with Gasteiger partial charge in [-0.3, -0.25) is 4.31 Å². The number of hydrogen-bond acceptors (Lipinski definition) is 7. The predicted octanol–water partition coefficient (Wildman–Crippen LogP) is 4.48. The van der Waals surface area contributed by atoms with Gasteiger partial charge in [0.1, 0.15) is 11.6 Å². The van der Waals surface area contributed by atoms with Gasteiger partial charge in [-0.15, -0.1) is 0 Å². The molecule has 0 spiro atoms. The zero-order valence-corrected chi connectivity index (χ0v) is 19.7. The summed E-state index contributed by atoms with van der Waals surface area (Å²) in [7, 11) is 4.09. The van der Waals surface area contributed by atoms with Gasteiger partial charge < -0.3 is 16.0 Å². The Labute approximate surface area is 189 Å². The molecule has 2 aromatic heterocycles. The molecular weight excluding hydrogens is 406 g/mol. The Balaban J connectivity index is 1.73. The smallest absolute Gasteiger partial charge is 0.163 e. The largest absolute Gasteiger partial charge is 0.352 e. The molecule has 0 radical (unpaired) electrons. The first kappa shape index (κ1) is 21.9. The average Bonchev–Trinajstić information content (AvgIpc) is 3.19. The van der Waals surface area contributed by atoms with Crippen LogP contribution < -0.4 is 16.0 Å². The van der Waals surface area contributed by atoms with Gasteiger partial charge in [0.25, 0.3) is 0 Å². The summed E-state index contributed by atoms with van der Waals surface area (Å²) in [4.78, 5) is 8.63. The molecule has 1 fully saturated rings. The van der Waals surface area contributed by atoms with Crippen LogP contribution in [0.3, 0.4) is 0 Å². The van der Waals surface area contributed by atoms with Crippen molar-refractivity contribution in [3.8, 4) is 0 Å². The molecule has 31 heavy (non-hydrogen) atoms. The van der Waals surface area contributed by atoms with Crippen LogP contribution in [0.2, 0.25) is 0 Å². The average molecular weight is 440 g/mol. The van der Waals surface area contributed by atoms with E-state index < -0.39 is 0 Å². The van der Waals surface area contributed by atoms with Crippen molar-refractivity contribution in [2.75, 3.05) is 37.4 Å². The molecule has 1 unspecified atom stereocenters. The number of aromatic nitrogens is 3. The monoisotopic (exact) mass is 439 g/mol. The lowest BCUT2D eigenvalue weighted by Gasteiger charge is -2.36. The van der Waals surface area contributed by atoms with E-state index in [2.05, 4.69) is 63.8 Å². The summed E-state index contributed by atoms with van der Waals surface area (Å²) in [6.07, 6.45) is 5.46. The first-order valence-corrected chi connectivity index (χ1v) is 11.8. The van der Waals surface area contributed by atoms with E-state index in [-0.39, 0.29) is 0 Å². The maximum atomic E-state index is 6.10. The molecule has 8 heteroatoms. The van der Waals surface area contributed by atoms with Crippen molar-refractivity contribution in [2.24, 2.45) is 5.73 Å². The van der Waals surface area contributed by atoms with Crippen LogP contribution in [0.15, 0.2) is 41.4 Å². The molecule has 0 aliphatic carbocycles. The minimum absolute atomic E-state index is 0.337. The molecular formula is C23H33N7S. The number of fused-ring (bicyclic) bond motifs is 1. The number of nitrogens with two attached hydrogens (primary N) is 1. The molecule has 3 N–H and O–H groups in total. The third kappa shape index (κ3) is 4.81. The van der Waals surface area contributed by atoms with Crippen LogP contribution in [-0.4, -0.2) is 52.1 Å². The van der Waals surface area contributed by atoms with E-state index in [4.69, 9.17) is 10.7 Å². The first-order valence-electron chi connectivity index (χ1n) is 11.0. The lowest BCUT2D eigenvalue weighted by atomic mass is 10.0. The van der Waals surface area contributed by atoms with Gasteiger partial charge in [-0.05, 0) is 75.5 Å². The molecule has 4 rings (SSSR count). The molecule has 1 atom stereocenters. The van der Waals surface area contributed by atoms with Crippen LogP contribution in [0.5, 0.6) is 0 Å². The minimum atomic E-state index is 0.337. The van der Waals surface area contributed by atoms with Crippen LogP contribution in [0, 0.1) is 0 Å². The molecule has 1 aliphatic heterocycles. The van der Waals surface area contributed by atoms with Gasteiger partial charge in [0.05, 0.1) is 6.20 Å². The minimum Gasteiger partial charge on any atom is -0.352 e. The van der Waals surface area contributed by atoms with Crippen LogP contribution in [0.25, 0.3) is 5.65 Å². The van der Waals surface area contributed by atoms with E-state index in [1.165, 1.54) is 17.7 Å². The van der Waals surface area contributed by atoms with Gasteiger partial charge in [0.15, 0.2) is 5.65 Å². The Morgan fingerprint density at radius 2 is 2.00 bits per heavy atom. The lowest BCUT2D eigenvalue weighted by Crippen LogP contribution is -2.44. The van der Waals surface area contributed by atoms with Crippen molar-refractivity contribution >= 4 is 34.9 Å². The van der Waals surface area contributed by atoms with Crippen LogP contribution in [0.1, 0.15) is 44.6 Å². The number of anilines is 3. The number of nitrogens with one attached hydrogen (secondary N) is 1. The second-order valence-electron chi connectivity index (χ2n) is 8.62. The predicted molar refractivity (Wildman–Crippen MR) is 130 cm³/mol. The molecule has 0 saturated carbocycles. The Morgan fingerprint density at radius 3 is 2.68 bits per heavy atom. The summed E-state index contributed by atoms with van der Waals surface area (Å²) in [6.45, 7) is 6.01. The normalized spacial score (nSPS) is 17.1. The highest BCUT2D eigenvalue weighted by Gasteiger charge is 2.24. The highest BCUT2D eigenvalue weighted by atomic mass is 32.2. The fourth-order valence-electron chi connectivity index (χ4n) is 4.12. The molecule has 1 saturated heterocycles. The maximum Gasteiger partial charge on any atom is 0.163 e. The van der Waals surface area contributed by atoms with Crippen LogP contribution >= 0.6 is 11.9 Å². The van der Waals surface area contributed by atoms with E-state index in [0.29, 0.717) is 18.5 Å². The van der Waals surface area contributed by atoms with Crippen molar-refractivity contribution < 1.29 is 0 Å². The zero-order chi connectivity index (χ0) is 22.0. The molecule has 1 aromatic carbocycles. The Kier molecular flexibility index (Phi) is 6.69. The fraction of sp³-hybridized carbons (Fsp3) is 0.478. The second kappa shape index (κ2) is 9.46. The molecule has 0 amide bonds. The summed E-state index contributed by atoms with van der Waals surface area (Å²) >= 11 is 1.71. The Hall–Kier alpha value is -2.29. The fourth-order valence-corrected chi connectivity index (χ4v) is 4.79. The summed E-state index contributed by atoms with van der Waals surface area (Å²) < 4.78 is 4.01. The van der Waals surface area contributed by atoms with E-state index in [9.17, 15) is 0 Å². The summed E-state index contributed by atoms with van der Waals surface area (Å²) in [5.74, 6) is 2.25.